The van der Waals surface area contributed by atoms with Gasteiger partial charge in [-0.3, -0.25) is 0 Å². The van der Waals surface area contributed by atoms with Gasteiger partial charge in [-0.25, -0.2) is 4.79 Å². The van der Waals surface area contributed by atoms with Crippen molar-refractivity contribution in [2.45, 2.75) is 175 Å². The van der Waals surface area contributed by atoms with Crippen LogP contribution in [0.1, 0.15) is 122 Å². The molecule has 7 atom stereocenters. The minimum Gasteiger partial charge on any atom is -0.494 e. The van der Waals surface area contributed by atoms with Crippen LogP contribution in [0.15, 0.2) is 115 Å². The van der Waals surface area contributed by atoms with E-state index >= 15 is 0 Å². The molecule has 1 N–H and O–H groups in total. The third-order valence-corrected chi connectivity index (χ3v) is 52.1. The third kappa shape index (κ3) is 31.6. The van der Waals surface area contributed by atoms with Crippen molar-refractivity contribution in [3.63, 3.8) is 0 Å². The number of nitrogens with one attached hydrogen (secondary N) is 1. The number of carbonyl (C=O) groups is 1. The number of hydrogen-bond acceptors (Lipinski definition) is 25. The largest absolute Gasteiger partial charge is 0.646 e. The summed E-state index contributed by atoms with van der Waals surface area (Å²) < 4.78 is 151. The van der Waals surface area contributed by atoms with E-state index in [4.69, 9.17) is 106 Å². The van der Waals surface area contributed by atoms with Gasteiger partial charge in [0.2, 0.25) is 0 Å². The molecule has 606 valence electrons. The summed E-state index contributed by atoms with van der Waals surface area (Å²) in [4.78, 5) is 13.4. The normalized spacial score (nSPS) is 23.6. The number of alkyl carbamates (subject to hydrolysis) is 1. The fraction of sp³-hybridized carbons (Fsp3) is 0.581. The molecule has 0 aromatic heterocycles. The predicted octanol–water partition coefficient (Wildman–Crippen LogP) is 14.4. The molecule has 0 saturated carbocycles. The van der Waals surface area contributed by atoms with Crippen molar-refractivity contribution in [2.24, 2.45) is 0 Å². The summed E-state index contributed by atoms with van der Waals surface area (Å²) in [6.45, 7) is 22.3. The predicted molar refractivity (Wildman–Crippen MR) is 432 cm³/mol. The van der Waals surface area contributed by atoms with Crippen LogP contribution in [-0.2, 0) is 84.1 Å². The van der Waals surface area contributed by atoms with E-state index in [1.54, 1.807) is 50.9 Å². The van der Waals surface area contributed by atoms with Gasteiger partial charge in [0.1, 0.15) is 67.5 Å². The highest BCUT2D eigenvalue weighted by Crippen LogP contribution is 2.44. The zero-order chi connectivity index (χ0) is 77.2. The van der Waals surface area contributed by atoms with E-state index in [2.05, 4.69) is 67.7 Å². The van der Waals surface area contributed by atoms with E-state index in [1.807, 2.05) is 61.6 Å². The van der Waals surface area contributed by atoms with E-state index in [9.17, 15) is 4.79 Å². The number of unbranched alkanes of at least 4 members (excludes halogenated alkanes) is 14. The van der Waals surface area contributed by atoms with Crippen LogP contribution in [0.2, 0.25) is 51.9 Å². The molecule has 4 aliphatic rings. The Bertz CT molecular complexity index is 3280. The summed E-state index contributed by atoms with van der Waals surface area (Å²) in [6.07, 6.45) is 19.8. The molecular weight excluding hydrogens is 1560 g/mol. The summed E-state index contributed by atoms with van der Waals surface area (Å²) in [5.41, 5.74) is 5.05. The van der Waals surface area contributed by atoms with Gasteiger partial charge in [-0.2, -0.15) is 0 Å². The monoisotopic (exact) mass is 1670 g/mol. The minimum absolute atomic E-state index is 0.101. The van der Waals surface area contributed by atoms with Crippen LogP contribution in [0.5, 0.6) is 34.5 Å². The van der Waals surface area contributed by atoms with Gasteiger partial charge in [-0.1, -0.05) is 152 Å². The smallest absolute Gasteiger partial charge is 0.494 e. The molecule has 26 nitrogen and oxygen atoms in total. The van der Waals surface area contributed by atoms with Crippen LogP contribution in [0, 0.1) is 0 Å². The first-order valence-electron chi connectivity index (χ1n) is 39.0. The van der Waals surface area contributed by atoms with Crippen molar-refractivity contribution in [1.82, 2.24) is 5.32 Å². The average molecular weight is 1680 g/mol. The number of ether oxygens (including phenoxy) is 11. The van der Waals surface area contributed by atoms with Gasteiger partial charge in [-0.15, -0.1) is 0 Å². The van der Waals surface area contributed by atoms with Gasteiger partial charge in [0.05, 0.1) is 66.1 Å². The standard InChI is InChI=1S/C74H119NO25Si9/c1-11-13-15-17-19-21-23-25-44-82-68-35-27-64(28-36-68)66-31-39-70(40-32-66)84-54-50-78-46-48-80-52-56-86-72-59-63(60-73(61-72)87-57-53-81-49-47-79-51-55-85-71-41-33-67(34-42-71)65-29-37-69(38-30-65)83-45-26-24-22-20-18-16-14-12-2)62-88-74(76)75-43-58-101-89-109-98-104(6,77-3)94-105(7)91-102-90-103(4,5)93-107(9,99-109)95-106(8,92-102)97-108(10,96-105)100-109/h27-42,59-61,102H,11-26,43-58,62,101H2,1-10H3,(H,75,76). The summed E-state index contributed by atoms with van der Waals surface area (Å²) >= 11 is 0. The van der Waals surface area contributed by atoms with E-state index < -0.39 is 87.0 Å². The quantitative estimate of drug-likeness (QED) is 0.0280. The van der Waals surface area contributed by atoms with Crippen LogP contribution in [0.3, 0.4) is 0 Å². The first-order chi connectivity index (χ1) is 52.7. The average Bonchev–Trinajstić information content (AvgIpc) is 0.720. The van der Waals surface area contributed by atoms with Crippen LogP contribution < -0.4 is 33.7 Å². The molecule has 109 heavy (non-hydrogen) atoms. The fourth-order valence-electron chi connectivity index (χ4n) is 12.6. The van der Waals surface area contributed by atoms with Gasteiger partial charge in [0.15, 0.2) is 9.76 Å². The molecule has 4 heterocycles. The number of carbonyl (C=O) groups excluding carboxylic acids is 1. The van der Waals surface area contributed by atoms with Crippen LogP contribution >= 0.6 is 0 Å². The van der Waals surface area contributed by atoms with Gasteiger partial charge < -0.3 is 111 Å². The second-order valence-corrected chi connectivity index (χ2v) is 53.0. The van der Waals surface area contributed by atoms with Crippen molar-refractivity contribution in [3.8, 4) is 56.8 Å². The SMILES string of the molecule is CCCCCCCCCCOc1ccc(-c2ccc(OCCOCCOCCOc3cc(COC(=O)NCC[SiH2]O[Si]45O[Si](C)(OC)O[Si]6(C)O[SiH]7O[Si](C)(C)O[Si](C)(O[Si](C)(O7)O[Si](C)(O6)O4)O5)cc(OCCOCCOCCOc4ccc(-c5ccc(OCCCCCCCCCC)cc5)cc4)c3)cc2)cc1. The molecule has 5 aromatic rings. The van der Waals surface area contributed by atoms with Crippen LogP contribution in [0.4, 0.5) is 4.79 Å². The zero-order valence-corrected chi connectivity index (χ0v) is 75.4. The summed E-state index contributed by atoms with van der Waals surface area (Å²) in [5.74, 6) is 4.30. The van der Waals surface area contributed by atoms with Crippen molar-refractivity contribution in [2.75, 3.05) is 106 Å². The minimum atomic E-state index is -4.40. The topological polar surface area (TPSA) is 251 Å². The molecular formula is C74H119NO25Si9. The number of rotatable bonds is 52. The molecule has 0 radical (unpaired) electrons. The Morgan fingerprint density at radius 2 is 0.743 bits per heavy atom. The first kappa shape index (κ1) is 88.4. The molecule has 1 amide bonds. The Balaban J connectivity index is 0.688. The third-order valence-electron chi connectivity index (χ3n) is 17.7. The number of amides is 1. The molecule has 4 saturated heterocycles. The second-order valence-electron chi connectivity index (χ2n) is 28.0. The lowest BCUT2D eigenvalue weighted by Gasteiger charge is -2.55. The number of hydrogen-bond donors (Lipinski definition) is 1. The van der Waals surface area contributed by atoms with Gasteiger partial charge in [0.25, 0.3) is 0 Å². The van der Waals surface area contributed by atoms with Gasteiger partial charge in [0, 0.05) is 52.5 Å². The maximum absolute atomic E-state index is 13.4. The number of fused-ring (bicyclic) bond motifs is 4. The first-order valence-corrected chi connectivity index (χ1v) is 57.6. The molecule has 35 heteroatoms. The number of benzene rings is 5. The van der Waals surface area contributed by atoms with E-state index in [0.717, 1.165) is 71.3 Å². The molecule has 6 bridgehead atoms. The maximum atomic E-state index is 13.4. The van der Waals surface area contributed by atoms with Crippen molar-refractivity contribution >= 4 is 87.0 Å². The van der Waals surface area contributed by atoms with Crippen LogP contribution in [-0.4, -0.2) is 193 Å². The Morgan fingerprint density at radius 3 is 1.15 bits per heavy atom. The fourth-order valence-corrected chi connectivity index (χ4v) is 53.4. The van der Waals surface area contributed by atoms with Crippen molar-refractivity contribution in [3.05, 3.63) is 121 Å². The zero-order valence-electron chi connectivity index (χ0n) is 65.8. The second kappa shape index (κ2) is 45.5. The highest BCUT2D eigenvalue weighted by Gasteiger charge is 2.75. The highest BCUT2D eigenvalue weighted by molar-refractivity contribution is 6.98. The Labute approximate surface area is 657 Å². The lowest BCUT2D eigenvalue weighted by Crippen LogP contribution is -2.81. The maximum Gasteiger partial charge on any atom is 0.646 e. The van der Waals surface area contributed by atoms with Crippen LogP contribution in [0.25, 0.3) is 22.3 Å². The van der Waals surface area contributed by atoms with Gasteiger partial charge >= 0.3 is 77.3 Å². The molecule has 0 aliphatic carbocycles. The van der Waals surface area contributed by atoms with Crippen molar-refractivity contribution in [1.29, 1.82) is 0 Å². The summed E-state index contributed by atoms with van der Waals surface area (Å²) in [7, 11) is -29.5. The Kier molecular flexibility index (Phi) is 36.9. The lowest BCUT2D eigenvalue weighted by atomic mass is 10.1. The molecule has 4 aliphatic heterocycles. The molecule has 4 fully saturated rings. The summed E-state index contributed by atoms with van der Waals surface area (Å²) in [6, 6.07) is 38.4. The van der Waals surface area contributed by atoms with Gasteiger partial charge in [-0.05, 0) is 120 Å². The van der Waals surface area contributed by atoms with Crippen molar-refractivity contribution < 1.29 is 111 Å². The Morgan fingerprint density at radius 1 is 0.385 bits per heavy atom. The van der Waals surface area contributed by atoms with E-state index in [1.165, 1.54) is 97.0 Å². The molecule has 5 aromatic carbocycles. The van der Waals surface area contributed by atoms with E-state index in [-0.39, 0.29) is 39.6 Å². The summed E-state index contributed by atoms with van der Waals surface area (Å²) in [5, 5.41) is 2.83. The molecule has 7 unspecified atom stereocenters. The van der Waals surface area contributed by atoms with E-state index in [0.29, 0.717) is 76.0 Å². The highest BCUT2D eigenvalue weighted by atomic mass is 28.6. The molecule has 9 rings (SSSR count). The lowest BCUT2D eigenvalue weighted by molar-refractivity contribution is -0.0100. The molecule has 0 spiro atoms. The Hall–Kier alpha value is -4.56.